The Kier molecular flexibility index (Phi) is 4.79. The van der Waals surface area contributed by atoms with E-state index >= 15 is 0 Å². The molecule has 0 saturated heterocycles. The summed E-state index contributed by atoms with van der Waals surface area (Å²) in [5, 5.41) is 18.8. The van der Waals surface area contributed by atoms with Crippen molar-refractivity contribution in [2.24, 2.45) is 0 Å². The SMILES string of the molecule is C[C@H](O)c1ccc(OCc2cc(F)ccc2C#N)c(Cl)c1. The third-order valence-electron chi connectivity index (χ3n) is 3.01. The van der Waals surface area contributed by atoms with Gasteiger partial charge in [-0.3, -0.25) is 0 Å². The minimum Gasteiger partial charge on any atom is -0.487 e. The van der Waals surface area contributed by atoms with Gasteiger partial charge >= 0.3 is 0 Å². The summed E-state index contributed by atoms with van der Waals surface area (Å²) in [6, 6.07) is 10.8. The average Bonchev–Trinajstić information content (AvgIpc) is 2.46. The van der Waals surface area contributed by atoms with E-state index < -0.39 is 11.9 Å². The van der Waals surface area contributed by atoms with Crippen LogP contribution in [0.5, 0.6) is 5.75 Å². The number of hydrogen-bond acceptors (Lipinski definition) is 3. The molecule has 0 aliphatic carbocycles. The van der Waals surface area contributed by atoms with Gasteiger partial charge in [-0.2, -0.15) is 5.26 Å². The summed E-state index contributed by atoms with van der Waals surface area (Å²) < 4.78 is 18.7. The molecule has 1 N–H and O–H groups in total. The number of nitrogens with zero attached hydrogens (tertiary/aromatic N) is 1. The maximum atomic E-state index is 13.2. The Morgan fingerprint density at radius 2 is 2.10 bits per heavy atom. The lowest BCUT2D eigenvalue weighted by atomic mass is 10.1. The molecular weight excluding hydrogens is 293 g/mol. The molecule has 0 spiro atoms. The molecule has 0 radical (unpaired) electrons. The number of hydrogen-bond donors (Lipinski definition) is 1. The molecular formula is C16H13ClFNO2. The molecule has 108 valence electrons. The van der Waals surface area contributed by atoms with Crippen LogP contribution < -0.4 is 4.74 Å². The zero-order valence-corrected chi connectivity index (χ0v) is 12.1. The van der Waals surface area contributed by atoms with Gasteiger partial charge in [0.25, 0.3) is 0 Å². The predicted molar refractivity (Wildman–Crippen MR) is 77.5 cm³/mol. The Balaban J connectivity index is 2.17. The molecule has 2 aromatic rings. The fourth-order valence-corrected chi connectivity index (χ4v) is 2.08. The maximum Gasteiger partial charge on any atom is 0.138 e. The van der Waals surface area contributed by atoms with Crippen LogP contribution in [-0.2, 0) is 6.61 Å². The summed E-state index contributed by atoms with van der Waals surface area (Å²) in [6.07, 6.45) is -0.620. The number of benzene rings is 2. The Morgan fingerprint density at radius 3 is 2.71 bits per heavy atom. The molecule has 3 nitrogen and oxygen atoms in total. The lowest BCUT2D eigenvalue weighted by Crippen LogP contribution is -2.00. The highest BCUT2D eigenvalue weighted by Crippen LogP contribution is 2.28. The van der Waals surface area contributed by atoms with Crippen LogP contribution in [0.3, 0.4) is 0 Å². The Morgan fingerprint density at radius 1 is 1.33 bits per heavy atom. The van der Waals surface area contributed by atoms with Crippen LogP contribution in [0.1, 0.15) is 29.7 Å². The standard InChI is InChI=1S/C16H13ClFNO2/c1-10(20)11-3-5-16(15(17)7-11)21-9-13-6-14(18)4-2-12(13)8-19/h2-7,10,20H,9H2,1H3/t10-/m0/s1. The lowest BCUT2D eigenvalue weighted by molar-refractivity contribution is 0.199. The highest BCUT2D eigenvalue weighted by atomic mass is 35.5. The van der Waals surface area contributed by atoms with Crippen LogP contribution in [0, 0.1) is 17.1 Å². The molecule has 2 aromatic carbocycles. The number of aliphatic hydroxyl groups excluding tert-OH is 1. The molecule has 0 saturated carbocycles. The highest BCUT2D eigenvalue weighted by molar-refractivity contribution is 6.32. The molecule has 5 heteroatoms. The number of nitriles is 1. The largest absolute Gasteiger partial charge is 0.487 e. The molecule has 0 heterocycles. The molecule has 0 aromatic heterocycles. The van der Waals surface area contributed by atoms with E-state index in [4.69, 9.17) is 21.6 Å². The predicted octanol–water partition coefficient (Wildman–Crippen LogP) is 3.98. The number of ether oxygens (including phenoxy) is 1. The second kappa shape index (κ2) is 6.57. The monoisotopic (exact) mass is 305 g/mol. The number of rotatable bonds is 4. The molecule has 21 heavy (non-hydrogen) atoms. The first-order valence-corrected chi connectivity index (χ1v) is 6.68. The van der Waals surface area contributed by atoms with Gasteiger partial charge in [-0.1, -0.05) is 17.7 Å². The Hall–Kier alpha value is -2.09. The van der Waals surface area contributed by atoms with E-state index in [2.05, 4.69) is 0 Å². The molecule has 0 amide bonds. The van der Waals surface area contributed by atoms with E-state index in [0.717, 1.165) is 0 Å². The van der Waals surface area contributed by atoms with Crippen molar-refractivity contribution in [1.29, 1.82) is 5.26 Å². The van der Waals surface area contributed by atoms with E-state index in [0.29, 0.717) is 27.5 Å². The molecule has 0 unspecified atom stereocenters. The van der Waals surface area contributed by atoms with Crippen LogP contribution in [0.25, 0.3) is 0 Å². The first-order chi connectivity index (χ1) is 10.0. The van der Waals surface area contributed by atoms with Crippen molar-refractivity contribution in [2.45, 2.75) is 19.6 Å². The summed E-state index contributed by atoms with van der Waals surface area (Å²) in [5.41, 5.74) is 1.48. The van der Waals surface area contributed by atoms with Gasteiger partial charge in [0, 0.05) is 5.56 Å². The second-order valence-corrected chi connectivity index (χ2v) is 4.97. The van der Waals surface area contributed by atoms with Gasteiger partial charge in [0.15, 0.2) is 0 Å². The molecule has 0 fully saturated rings. The minimum absolute atomic E-state index is 0.0361. The van der Waals surface area contributed by atoms with Crippen molar-refractivity contribution < 1.29 is 14.2 Å². The zero-order chi connectivity index (χ0) is 15.4. The minimum atomic E-state index is -0.620. The molecule has 0 bridgehead atoms. The molecule has 0 aliphatic rings. The van der Waals surface area contributed by atoms with E-state index in [1.54, 1.807) is 25.1 Å². The van der Waals surface area contributed by atoms with Crippen LogP contribution in [0.2, 0.25) is 5.02 Å². The molecule has 1 atom stereocenters. The fraction of sp³-hybridized carbons (Fsp3) is 0.188. The third kappa shape index (κ3) is 3.72. The smallest absolute Gasteiger partial charge is 0.138 e. The average molecular weight is 306 g/mol. The highest BCUT2D eigenvalue weighted by Gasteiger charge is 2.09. The van der Waals surface area contributed by atoms with Crippen molar-refractivity contribution >= 4 is 11.6 Å². The van der Waals surface area contributed by atoms with E-state index in [9.17, 15) is 9.50 Å². The summed E-state index contributed by atoms with van der Waals surface area (Å²) in [4.78, 5) is 0. The summed E-state index contributed by atoms with van der Waals surface area (Å²) in [6.45, 7) is 1.67. The van der Waals surface area contributed by atoms with Gasteiger partial charge in [0.1, 0.15) is 18.2 Å². The van der Waals surface area contributed by atoms with Gasteiger partial charge in [0.2, 0.25) is 0 Å². The van der Waals surface area contributed by atoms with E-state index in [1.165, 1.54) is 18.2 Å². The maximum absolute atomic E-state index is 13.2. The van der Waals surface area contributed by atoms with Gasteiger partial charge in [0.05, 0.1) is 22.8 Å². The second-order valence-electron chi connectivity index (χ2n) is 4.57. The fourth-order valence-electron chi connectivity index (χ4n) is 1.84. The van der Waals surface area contributed by atoms with Crippen molar-refractivity contribution in [3.05, 3.63) is 63.9 Å². The molecule has 0 aliphatic heterocycles. The van der Waals surface area contributed by atoms with Gasteiger partial charge in [-0.05, 0) is 42.8 Å². The Bertz CT molecular complexity index is 695. The van der Waals surface area contributed by atoms with Crippen LogP contribution in [0.4, 0.5) is 4.39 Å². The van der Waals surface area contributed by atoms with Gasteiger partial charge in [-0.15, -0.1) is 0 Å². The zero-order valence-electron chi connectivity index (χ0n) is 11.3. The summed E-state index contributed by atoms with van der Waals surface area (Å²) >= 11 is 6.07. The molecule has 2 rings (SSSR count). The van der Waals surface area contributed by atoms with Crippen molar-refractivity contribution in [3.8, 4) is 11.8 Å². The number of aliphatic hydroxyl groups is 1. The quantitative estimate of drug-likeness (QED) is 0.929. The topological polar surface area (TPSA) is 53.2 Å². The lowest BCUT2D eigenvalue weighted by Gasteiger charge is -2.11. The Labute approximate surface area is 127 Å². The normalized spacial score (nSPS) is 11.8. The van der Waals surface area contributed by atoms with E-state index in [1.807, 2.05) is 6.07 Å². The van der Waals surface area contributed by atoms with Gasteiger partial charge in [-0.25, -0.2) is 4.39 Å². The van der Waals surface area contributed by atoms with Gasteiger partial charge < -0.3 is 9.84 Å². The third-order valence-corrected chi connectivity index (χ3v) is 3.30. The first kappa shape index (κ1) is 15.3. The summed E-state index contributed by atoms with van der Waals surface area (Å²) in [5.74, 6) is -0.0163. The van der Waals surface area contributed by atoms with Crippen LogP contribution in [0.15, 0.2) is 36.4 Å². The van der Waals surface area contributed by atoms with Crippen molar-refractivity contribution in [1.82, 2.24) is 0 Å². The van der Waals surface area contributed by atoms with Crippen molar-refractivity contribution in [2.75, 3.05) is 0 Å². The van der Waals surface area contributed by atoms with E-state index in [-0.39, 0.29) is 6.61 Å². The van der Waals surface area contributed by atoms with Crippen LogP contribution in [-0.4, -0.2) is 5.11 Å². The summed E-state index contributed by atoms with van der Waals surface area (Å²) in [7, 11) is 0. The first-order valence-electron chi connectivity index (χ1n) is 6.30. The van der Waals surface area contributed by atoms with Crippen molar-refractivity contribution in [3.63, 3.8) is 0 Å². The number of halogens is 2. The van der Waals surface area contributed by atoms with Crippen LogP contribution >= 0.6 is 11.6 Å².